The van der Waals surface area contributed by atoms with Crippen LogP contribution < -0.4 is 10.6 Å². The number of aliphatic imine (C=N–C) groups is 1. The van der Waals surface area contributed by atoms with Crippen LogP contribution in [0.4, 0.5) is 13.2 Å². The van der Waals surface area contributed by atoms with Crippen molar-refractivity contribution in [3.63, 3.8) is 0 Å². The minimum atomic E-state index is -4.30. The lowest BCUT2D eigenvalue weighted by atomic mass is 9.96. The first-order valence-corrected chi connectivity index (χ1v) is 7.49. The Balaban J connectivity index is 2.49. The molecule has 0 heterocycles. The molecule has 1 atom stereocenters. The number of ether oxygens (including phenoxy) is 1. The van der Waals surface area contributed by atoms with E-state index in [1.165, 1.54) is 12.1 Å². The van der Waals surface area contributed by atoms with Gasteiger partial charge in [-0.05, 0) is 24.0 Å². The predicted octanol–water partition coefficient (Wildman–Crippen LogP) is 3.01. The van der Waals surface area contributed by atoms with Gasteiger partial charge in [0.2, 0.25) is 0 Å². The van der Waals surface area contributed by atoms with Crippen molar-refractivity contribution in [2.75, 3.05) is 33.9 Å². The third-order valence-corrected chi connectivity index (χ3v) is 3.48. The Morgan fingerprint density at radius 2 is 1.96 bits per heavy atom. The Labute approximate surface area is 135 Å². The second kappa shape index (κ2) is 9.39. The van der Waals surface area contributed by atoms with E-state index in [1.807, 2.05) is 6.92 Å². The van der Waals surface area contributed by atoms with Gasteiger partial charge in [-0.2, -0.15) is 13.2 Å². The quantitative estimate of drug-likeness (QED) is 0.459. The van der Waals surface area contributed by atoms with Crippen LogP contribution >= 0.6 is 0 Å². The molecule has 23 heavy (non-hydrogen) atoms. The Morgan fingerprint density at radius 3 is 2.57 bits per heavy atom. The van der Waals surface area contributed by atoms with Crippen molar-refractivity contribution >= 4 is 5.96 Å². The molecule has 0 aliphatic heterocycles. The summed E-state index contributed by atoms with van der Waals surface area (Å²) in [6.07, 6.45) is -3.60. The number of nitrogens with one attached hydrogen (secondary N) is 2. The lowest BCUT2D eigenvalue weighted by Gasteiger charge is -2.16. The van der Waals surface area contributed by atoms with E-state index in [0.717, 1.165) is 6.07 Å². The van der Waals surface area contributed by atoms with Crippen LogP contribution in [0.1, 0.15) is 30.4 Å². The second-order valence-corrected chi connectivity index (χ2v) is 5.23. The van der Waals surface area contributed by atoms with E-state index < -0.39 is 11.7 Å². The van der Waals surface area contributed by atoms with E-state index in [9.17, 15) is 13.2 Å². The zero-order valence-electron chi connectivity index (χ0n) is 13.7. The molecule has 2 N–H and O–H groups in total. The summed E-state index contributed by atoms with van der Waals surface area (Å²) in [4.78, 5) is 4.07. The number of methoxy groups -OCH3 is 1. The van der Waals surface area contributed by atoms with Gasteiger partial charge >= 0.3 is 6.18 Å². The number of hydrogen-bond donors (Lipinski definition) is 2. The van der Waals surface area contributed by atoms with Gasteiger partial charge < -0.3 is 15.4 Å². The number of alkyl halides is 3. The molecule has 0 bridgehead atoms. The maximum absolute atomic E-state index is 12.7. The molecule has 1 aromatic carbocycles. The van der Waals surface area contributed by atoms with E-state index in [2.05, 4.69) is 15.6 Å². The molecule has 1 unspecified atom stereocenters. The lowest BCUT2D eigenvalue weighted by molar-refractivity contribution is -0.137. The number of benzene rings is 1. The van der Waals surface area contributed by atoms with E-state index in [-0.39, 0.29) is 5.92 Å². The van der Waals surface area contributed by atoms with Crippen LogP contribution in [0.5, 0.6) is 0 Å². The minimum absolute atomic E-state index is 0.0156. The van der Waals surface area contributed by atoms with Gasteiger partial charge in [-0.25, -0.2) is 0 Å². The van der Waals surface area contributed by atoms with Gasteiger partial charge in [0.15, 0.2) is 5.96 Å². The van der Waals surface area contributed by atoms with Crippen molar-refractivity contribution < 1.29 is 17.9 Å². The molecule has 0 spiro atoms. The molecule has 0 amide bonds. The monoisotopic (exact) mass is 331 g/mol. The number of nitrogens with zero attached hydrogens (tertiary/aromatic N) is 1. The summed E-state index contributed by atoms with van der Waals surface area (Å²) >= 11 is 0. The lowest BCUT2D eigenvalue weighted by Crippen LogP contribution is -2.39. The SMILES string of the molecule is CN=C(NCCOC)NCCC(C)c1cccc(C(F)(F)F)c1. The van der Waals surface area contributed by atoms with E-state index in [0.29, 0.717) is 37.6 Å². The van der Waals surface area contributed by atoms with Crippen molar-refractivity contribution in [2.45, 2.75) is 25.4 Å². The smallest absolute Gasteiger partial charge is 0.383 e. The van der Waals surface area contributed by atoms with E-state index in [1.54, 1.807) is 20.2 Å². The first kappa shape index (κ1) is 19.3. The maximum Gasteiger partial charge on any atom is 0.416 e. The molecule has 0 saturated carbocycles. The van der Waals surface area contributed by atoms with Crippen molar-refractivity contribution in [1.82, 2.24) is 10.6 Å². The zero-order valence-corrected chi connectivity index (χ0v) is 13.7. The molecule has 4 nitrogen and oxygen atoms in total. The Morgan fingerprint density at radius 1 is 1.26 bits per heavy atom. The van der Waals surface area contributed by atoms with Crippen LogP contribution in [-0.2, 0) is 10.9 Å². The van der Waals surface area contributed by atoms with Crippen molar-refractivity contribution in [3.8, 4) is 0 Å². The third kappa shape index (κ3) is 6.90. The highest BCUT2D eigenvalue weighted by molar-refractivity contribution is 5.79. The largest absolute Gasteiger partial charge is 0.416 e. The highest BCUT2D eigenvalue weighted by Gasteiger charge is 2.30. The topological polar surface area (TPSA) is 45.7 Å². The van der Waals surface area contributed by atoms with Crippen LogP contribution in [0.2, 0.25) is 0 Å². The standard InChI is InChI=1S/C16H24F3N3O/c1-12(7-8-21-15(20-2)22-9-10-23-3)13-5-4-6-14(11-13)16(17,18)19/h4-6,11-12H,7-10H2,1-3H3,(H2,20,21,22). The minimum Gasteiger partial charge on any atom is -0.383 e. The van der Waals surface area contributed by atoms with Crippen LogP contribution in [0.15, 0.2) is 29.3 Å². The fraction of sp³-hybridized carbons (Fsp3) is 0.562. The van der Waals surface area contributed by atoms with Gasteiger partial charge in [-0.1, -0.05) is 25.1 Å². The normalized spacial score (nSPS) is 13.7. The number of halogens is 3. The average Bonchev–Trinajstić information content (AvgIpc) is 2.52. The average molecular weight is 331 g/mol. The molecular weight excluding hydrogens is 307 g/mol. The highest BCUT2D eigenvalue weighted by Crippen LogP contribution is 2.31. The van der Waals surface area contributed by atoms with Gasteiger partial charge in [-0.3, -0.25) is 4.99 Å². The van der Waals surface area contributed by atoms with Crippen LogP contribution in [0, 0.1) is 0 Å². The Hall–Kier alpha value is -1.76. The predicted molar refractivity (Wildman–Crippen MR) is 85.7 cm³/mol. The molecule has 0 aliphatic carbocycles. The molecule has 0 fully saturated rings. The van der Waals surface area contributed by atoms with Gasteiger partial charge in [0.25, 0.3) is 0 Å². The molecule has 0 aliphatic rings. The third-order valence-electron chi connectivity index (χ3n) is 3.48. The van der Waals surface area contributed by atoms with Crippen LogP contribution in [0.25, 0.3) is 0 Å². The maximum atomic E-state index is 12.7. The van der Waals surface area contributed by atoms with Crippen LogP contribution in [0.3, 0.4) is 0 Å². The fourth-order valence-electron chi connectivity index (χ4n) is 2.09. The molecule has 0 radical (unpaired) electrons. The summed E-state index contributed by atoms with van der Waals surface area (Å²) in [6.45, 7) is 3.74. The summed E-state index contributed by atoms with van der Waals surface area (Å²) in [7, 11) is 3.28. The molecule has 1 aromatic rings. The van der Waals surface area contributed by atoms with Crippen LogP contribution in [-0.4, -0.2) is 39.8 Å². The van der Waals surface area contributed by atoms with Gasteiger partial charge in [-0.15, -0.1) is 0 Å². The first-order chi connectivity index (χ1) is 10.9. The van der Waals surface area contributed by atoms with E-state index >= 15 is 0 Å². The molecular formula is C16H24F3N3O. The van der Waals surface area contributed by atoms with Crippen molar-refractivity contribution in [1.29, 1.82) is 0 Å². The number of rotatable bonds is 7. The molecule has 7 heteroatoms. The van der Waals surface area contributed by atoms with Gasteiger partial charge in [0, 0.05) is 27.2 Å². The fourth-order valence-corrected chi connectivity index (χ4v) is 2.09. The number of guanidine groups is 1. The number of hydrogen-bond acceptors (Lipinski definition) is 2. The van der Waals surface area contributed by atoms with Gasteiger partial charge in [0.1, 0.15) is 0 Å². The zero-order chi connectivity index (χ0) is 17.3. The highest BCUT2D eigenvalue weighted by atomic mass is 19.4. The summed E-state index contributed by atoms with van der Waals surface area (Å²) in [5.41, 5.74) is 0.0794. The Kier molecular flexibility index (Phi) is 7.88. The molecule has 130 valence electrons. The first-order valence-electron chi connectivity index (χ1n) is 7.49. The molecule has 0 saturated heterocycles. The molecule has 1 rings (SSSR count). The molecule has 0 aromatic heterocycles. The van der Waals surface area contributed by atoms with E-state index in [4.69, 9.17) is 4.74 Å². The summed E-state index contributed by atoms with van der Waals surface area (Å²) in [5, 5.41) is 6.21. The summed E-state index contributed by atoms with van der Waals surface area (Å²) in [6, 6.07) is 5.49. The Bertz CT molecular complexity index is 504. The summed E-state index contributed by atoms with van der Waals surface area (Å²) in [5.74, 6) is 0.667. The second-order valence-electron chi connectivity index (χ2n) is 5.23. The van der Waals surface area contributed by atoms with Crippen molar-refractivity contribution in [3.05, 3.63) is 35.4 Å². The summed E-state index contributed by atoms with van der Waals surface area (Å²) < 4.78 is 43.1. The van der Waals surface area contributed by atoms with Gasteiger partial charge in [0.05, 0.1) is 12.2 Å². The van der Waals surface area contributed by atoms with Crippen molar-refractivity contribution in [2.24, 2.45) is 4.99 Å².